The Balaban J connectivity index is 1.88. The molecule has 3 N–H and O–H groups in total. The Morgan fingerprint density at radius 1 is 0.828 bits per heavy atom. The van der Waals surface area contributed by atoms with Crippen LogP contribution in [0.15, 0.2) is 12.3 Å². The monoisotopic (exact) mass is 414 g/mol. The third kappa shape index (κ3) is 12.6. The molecule has 0 aromatic carbocycles. The Bertz CT molecular complexity index is 387. The lowest BCUT2D eigenvalue weighted by Crippen LogP contribution is -2.54. The fourth-order valence-electron chi connectivity index (χ4n) is 3.86. The third-order valence-corrected chi connectivity index (χ3v) is 5.81. The van der Waals surface area contributed by atoms with E-state index in [0.29, 0.717) is 0 Å². The molecular weight excluding hydrogens is 368 g/mol. The highest BCUT2D eigenvalue weighted by Gasteiger charge is 2.39. The fraction of sp³-hybridized carbons (Fsp3) is 0.917. The van der Waals surface area contributed by atoms with Crippen molar-refractivity contribution in [2.24, 2.45) is 0 Å². The van der Waals surface area contributed by atoms with Crippen LogP contribution in [0.4, 0.5) is 0 Å². The maximum absolute atomic E-state index is 10.0. The molecular formula is C24H46O5. The molecule has 0 radical (unpaired) electrons. The van der Waals surface area contributed by atoms with Crippen molar-refractivity contribution in [3.63, 3.8) is 0 Å². The maximum Gasteiger partial charge on any atom is 0.154 e. The summed E-state index contributed by atoms with van der Waals surface area (Å²) in [5.74, 6) is 0. The van der Waals surface area contributed by atoms with Crippen LogP contribution >= 0.6 is 0 Å². The average Bonchev–Trinajstić information content (AvgIpc) is 2.72. The molecule has 0 aromatic heterocycles. The minimum atomic E-state index is -1.02. The molecule has 1 rings (SSSR count). The van der Waals surface area contributed by atoms with E-state index >= 15 is 0 Å². The lowest BCUT2D eigenvalue weighted by molar-refractivity contribution is -0.197. The molecule has 0 amide bonds. The number of aliphatic hydroxyl groups excluding tert-OH is 3. The highest BCUT2D eigenvalue weighted by atomic mass is 16.6. The normalized spacial score (nSPS) is 25.0. The number of unbranched alkanes of at least 4 members (excludes halogenated alkanes) is 14. The van der Waals surface area contributed by atoms with E-state index in [9.17, 15) is 10.2 Å². The number of hydrogen-bond donors (Lipinski definition) is 3. The van der Waals surface area contributed by atoms with E-state index in [4.69, 9.17) is 14.6 Å². The SMILES string of the molecule is CCCCCCCCCCCCCCCC/C=C/O[C@H]1[C@H](O)[C@@H](CO)OC[C@@H]1O. The van der Waals surface area contributed by atoms with Gasteiger partial charge in [-0.15, -0.1) is 0 Å². The van der Waals surface area contributed by atoms with E-state index in [-0.39, 0.29) is 13.2 Å². The number of rotatable bonds is 18. The first kappa shape index (κ1) is 26.4. The Labute approximate surface area is 178 Å². The van der Waals surface area contributed by atoms with Crippen LogP contribution in [-0.4, -0.2) is 52.9 Å². The van der Waals surface area contributed by atoms with Crippen LogP contribution in [0.1, 0.15) is 103 Å². The van der Waals surface area contributed by atoms with Gasteiger partial charge < -0.3 is 24.8 Å². The summed E-state index contributed by atoms with van der Waals surface area (Å²) in [4.78, 5) is 0. The standard InChI is InChI=1S/C24H46O5/c1-2-3-4-5-6-7-8-9-10-11-12-13-14-15-16-17-18-28-24-21(26)20-29-22(19-25)23(24)27/h17-18,21-27H,2-16,19-20H2,1H3/b18-17+/t21-,22+,23+,24+/m0/s1. The van der Waals surface area contributed by atoms with Crippen LogP contribution in [0.25, 0.3) is 0 Å². The molecule has 1 fully saturated rings. The second kappa shape index (κ2) is 18.2. The minimum Gasteiger partial charge on any atom is -0.493 e. The Hall–Kier alpha value is -0.620. The molecule has 0 aliphatic carbocycles. The first-order valence-electron chi connectivity index (χ1n) is 12.1. The molecule has 0 bridgehead atoms. The van der Waals surface area contributed by atoms with Gasteiger partial charge in [0.1, 0.15) is 18.3 Å². The highest BCUT2D eigenvalue weighted by Crippen LogP contribution is 2.19. The van der Waals surface area contributed by atoms with Crippen LogP contribution in [0.3, 0.4) is 0 Å². The molecule has 1 heterocycles. The summed E-state index contributed by atoms with van der Waals surface area (Å²) in [5, 5.41) is 29.0. The quantitative estimate of drug-likeness (QED) is 0.220. The second-order valence-electron chi connectivity index (χ2n) is 8.47. The van der Waals surface area contributed by atoms with E-state index < -0.39 is 24.4 Å². The second-order valence-corrected chi connectivity index (χ2v) is 8.47. The van der Waals surface area contributed by atoms with Gasteiger partial charge in [-0.2, -0.15) is 0 Å². The Morgan fingerprint density at radius 3 is 1.86 bits per heavy atom. The molecule has 5 nitrogen and oxygen atoms in total. The van der Waals surface area contributed by atoms with Gasteiger partial charge in [0.15, 0.2) is 6.10 Å². The van der Waals surface area contributed by atoms with Gasteiger partial charge in [-0.3, -0.25) is 0 Å². The summed E-state index contributed by atoms with van der Waals surface area (Å²) in [6.07, 6.45) is 20.1. The largest absolute Gasteiger partial charge is 0.493 e. The van der Waals surface area contributed by atoms with Gasteiger partial charge in [0.05, 0.1) is 19.5 Å². The van der Waals surface area contributed by atoms with Crippen LogP contribution in [0, 0.1) is 0 Å². The van der Waals surface area contributed by atoms with Crippen LogP contribution in [0.2, 0.25) is 0 Å². The zero-order valence-electron chi connectivity index (χ0n) is 18.6. The van der Waals surface area contributed by atoms with Gasteiger partial charge in [-0.25, -0.2) is 0 Å². The number of allylic oxidation sites excluding steroid dienone is 1. The van der Waals surface area contributed by atoms with Crippen LogP contribution < -0.4 is 0 Å². The average molecular weight is 415 g/mol. The van der Waals surface area contributed by atoms with E-state index in [1.807, 2.05) is 6.08 Å². The van der Waals surface area contributed by atoms with Crippen LogP contribution in [-0.2, 0) is 9.47 Å². The van der Waals surface area contributed by atoms with Crippen molar-refractivity contribution in [1.29, 1.82) is 0 Å². The number of ether oxygens (including phenoxy) is 2. The van der Waals surface area contributed by atoms with Gasteiger partial charge in [-0.05, 0) is 18.9 Å². The molecule has 1 saturated heterocycles. The zero-order valence-corrected chi connectivity index (χ0v) is 18.6. The molecule has 0 saturated carbocycles. The number of aliphatic hydroxyl groups is 3. The molecule has 29 heavy (non-hydrogen) atoms. The van der Waals surface area contributed by atoms with Crippen molar-refractivity contribution >= 4 is 0 Å². The molecule has 172 valence electrons. The maximum atomic E-state index is 10.0. The minimum absolute atomic E-state index is 0.0692. The zero-order chi connectivity index (χ0) is 21.2. The van der Waals surface area contributed by atoms with E-state index in [2.05, 4.69) is 6.92 Å². The Kier molecular flexibility index (Phi) is 16.6. The highest BCUT2D eigenvalue weighted by molar-refractivity contribution is 4.89. The first-order valence-corrected chi connectivity index (χ1v) is 12.1. The fourth-order valence-corrected chi connectivity index (χ4v) is 3.86. The van der Waals surface area contributed by atoms with Crippen molar-refractivity contribution < 1.29 is 24.8 Å². The summed E-state index contributed by atoms with van der Waals surface area (Å²) < 4.78 is 10.7. The van der Waals surface area contributed by atoms with Crippen molar-refractivity contribution in [3.05, 3.63) is 12.3 Å². The van der Waals surface area contributed by atoms with Crippen molar-refractivity contribution in [1.82, 2.24) is 0 Å². The molecule has 0 spiro atoms. The predicted molar refractivity (Wildman–Crippen MR) is 118 cm³/mol. The summed E-state index contributed by atoms with van der Waals surface area (Å²) >= 11 is 0. The summed E-state index contributed by atoms with van der Waals surface area (Å²) in [6, 6.07) is 0. The molecule has 0 unspecified atom stereocenters. The number of hydrogen-bond acceptors (Lipinski definition) is 5. The predicted octanol–water partition coefficient (Wildman–Crippen LogP) is 4.87. The van der Waals surface area contributed by atoms with Crippen LogP contribution in [0.5, 0.6) is 0 Å². The van der Waals surface area contributed by atoms with E-state index in [0.717, 1.165) is 12.8 Å². The molecule has 4 atom stereocenters. The summed E-state index contributed by atoms with van der Waals surface area (Å²) in [5.41, 5.74) is 0. The third-order valence-electron chi connectivity index (χ3n) is 5.81. The van der Waals surface area contributed by atoms with Gasteiger partial charge in [0, 0.05) is 0 Å². The van der Waals surface area contributed by atoms with E-state index in [1.54, 1.807) is 6.26 Å². The molecule has 1 aliphatic heterocycles. The van der Waals surface area contributed by atoms with Gasteiger partial charge in [0.25, 0.3) is 0 Å². The summed E-state index contributed by atoms with van der Waals surface area (Å²) in [6.45, 7) is 2.06. The van der Waals surface area contributed by atoms with Crippen molar-refractivity contribution in [2.45, 2.75) is 128 Å². The summed E-state index contributed by atoms with van der Waals surface area (Å²) in [7, 11) is 0. The smallest absolute Gasteiger partial charge is 0.154 e. The van der Waals surface area contributed by atoms with Gasteiger partial charge >= 0.3 is 0 Å². The molecule has 0 aromatic rings. The lowest BCUT2D eigenvalue weighted by atomic mass is 10.0. The molecule has 1 aliphatic rings. The Morgan fingerprint density at radius 2 is 1.34 bits per heavy atom. The topological polar surface area (TPSA) is 79.2 Å². The van der Waals surface area contributed by atoms with Gasteiger partial charge in [0.2, 0.25) is 0 Å². The van der Waals surface area contributed by atoms with Crippen molar-refractivity contribution in [2.75, 3.05) is 13.2 Å². The first-order chi connectivity index (χ1) is 14.2. The molecule has 5 heteroatoms. The van der Waals surface area contributed by atoms with Crippen molar-refractivity contribution in [3.8, 4) is 0 Å². The van der Waals surface area contributed by atoms with E-state index in [1.165, 1.54) is 83.5 Å². The lowest BCUT2D eigenvalue weighted by Gasteiger charge is -2.36. The van der Waals surface area contributed by atoms with Gasteiger partial charge in [-0.1, -0.05) is 90.4 Å².